The molecule has 0 aliphatic carbocycles. The van der Waals surface area contributed by atoms with Gasteiger partial charge in [0.2, 0.25) is 0 Å². The summed E-state index contributed by atoms with van der Waals surface area (Å²) < 4.78 is 6.43. The maximum atomic E-state index is 10.9. The summed E-state index contributed by atoms with van der Waals surface area (Å²) in [5.74, 6) is -0.170. The minimum absolute atomic E-state index is 0.416. The highest BCUT2D eigenvalue weighted by Crippen LogP contribution is 2.14. The lowest BCUT2D eigenvalue weighted by atomic mass is 10.0. The van der Waals surface area contributed by atoms with Gasteiger partial charge in [-0.15, -0.1) is 0 Å². The van der Waals surface area contributed by atoms with Gasteiger partial charge in [-0.05, 0) is 23.6 Å². The Morgan fingerprint density at radius 2 is 2.00 bits per heavy atom. The van der Waals surface area contributed by atoms with Crippen molar-refractivity contribution in [2.45, 2.75) is 19.8 Å². The minimum atomic E-state index is -0.615. The molecule has 0 aromatic heterocycles. The van der Waals surface area contributed by atoms with Crippen LogP contribution in [0.2, 0.25) is 0 Å². The van der Waals surface area contributed by atoms with E-state index in [0.717, 1.165) is 0 Å². The Labute approximate surface area is 73.3 Å². The molecule has 0 spiro atoms. The van der Waals surface area contributed by atoms with E-state index in [1.54, 1.807) is 12.1 Å². The second-order valence-electron chi connectivity index (χ2n) is 3.06. The molecular weight excluding hydrogens is 152 g/mol. The summed E-state index contributed by atoms with van der Waals surface area (Å²) in [5.41, 5.74) is 1.58. The minimum Gasteiger partial charge on any atom is -0.478 e. The summed E-state index contributed by atoms with van der Waals surface area (Å²) >= 11 is 0. The maximum Gasteiger partial charge on any atom is 0.335 e. The van der Waals surface area contributed by atoms with Gasteiger partial charge in [-0.1, -0.05) is 26.0 Å². The zero-order chi connectivity index (χ0) is 9.84. The highest BCUT2D eigenvalue weighted by atomic mass is 16.4. The zero-order valence-electron chi connectivity index (χ0n) is 8.20. The third kappa shape index (κ3) is 1.84. The number of hydrogen-bond donors (Lipinski definition) is 1. The predicted molar refractivity (Wildman–Crippen MR) is 47.5 cm³/mol. The molecule has 0 fully saturated rings. The Hall–Kier alpha value is -1.31. The number of carboxylic acids is 1. The number of aromatic carboxylic acids is 1. The third-order valence-corrected chi connectivity index (χ3v) is 1.81. The van der Waals surface area contributed by atoms with Crippen LogP contribution in [0.4, 0.5) is 0 Å². The molecule has 2 heteroatoms. The van der Waals surface area contributed by atoms with Crippen molar-refractivity contribution in [2.75, 3.05) is 0 Å². The fraction of sp³-hybridized carbons (Fsp3) is 0.300. The molecule has 0 atom stereocenters. The maximum absolute atomic E-state index is 10.9. The zero-order valence-corrected chi connectivity index (χ0v) is 7.20. The van der Waals surface area contributed by atoms with E-state index in [1.165, 1.54) is 5.56 Å². The molecule has 0 aliphatic rings. The van der Waals surface area contributed by atoms with E-state index in [2.05, 4.69) is 19.0 Å². The number of benzene rings is 1. The van der Waals surface area contributed by atoms with Crippen molar-refractivity contribution >= 4 is 5.97 Å². The first-order chi connectivity index (χ1) is 6.15. The average Bonchev–Trinajstić information content (AvgIpc) is 2.17. The molecule has 1 N–H and O–H groups in total. The fourth-order valence-corrected chi connectivity index (χ4v) is 1.00. The van der Waals surface area contributed by atoms with Gasteiger partial charge in [0.25, 0.3) is 1.43 Å². The van der Waals surface area contributed by atoms with Crippen LogP contribution in [-0.4, -0.2) is 11.1 Å². The van der Waals surface area contributed by atoms with Crippen molar-refractivity contribution in [3.63, 3.8) is 0 Å². The molecule has 1 aromatic carbocycles. The lowest BCUT2D eigenvalue weighted by Gasteiger charge is -2.04. The average molecular weight is 166 g/mol. The Balaban J connectivity index is 2.87. The summed E-state index contributed by atoms with van der Waals surface area (Å²) in [4.78, 5) is 10.9. The molecule has 0 saturated carbocycles. The molecule has 2 nitrogen and oxygen atoms in total. The van der Waals surface area contributed by atoms with Crippen molar-refractivity contribution in [1.29, 1.82) is 1.43 Å². The van der Waals surface area contributed by atoms with Gasteiger partial charge in [-0.2, -0.15) is 0 Å². The lowest BCUT2D eigenvalue weighted by Crippen LogP contribution is -1.96. The summed E-state index contributed by atoms with van der Waals surface area (Å²) in [7, 11) is 0. The van der Waals surface area contributed by atoms with Gasteiger partial charge in [0.1, 0.15) is 0 Å². The molecule has 64 valence electrons. The van der Waals surface area contributed by atoms with Gasteiger partial charge in [-0.3, -0.25) is 0 Å². The Bertz CT molecular complexity index is 290. The summed E-state index contributed by atoms with van der Waals surface area (Å²) in [6, 6.07) is 7.09. The van der Waals surface area contributed by atoms with Crippen molar-refractivity contribution in [2.24, 2.45) is 0 Å². The van der Waals surface area contributed by atoms with Crippen LogP contribution in [0.15, 0.2) is 24.3 Å². The monoisotopic (exact) mass is 166 g/mol. The van der Waals surface area contributed by atoms with E-state index in [9.17, 15) is 4.79 Å². The number of rotatable bonds is 2. The van der Waals surface area contributed by atoms with E-state index in [1.807, 2.05) is 12.1 Å². The van der Waals surface area contributed by atoms with Crippen molar-refractivity contribution in [1.82, 2.24) is 0 Å². The van der Waals surface area contributed by atoms with E-state index in [-0.39, 0.29) is 0 Å². The Morgan fingerprint density at radius 3 is 2.42 bits per heavy atom. The molecule has 1 aromatic rings. The Kier molecular flexibility index (Phi) is 2.08. The topological polar surface area (TPSA) is 37.3 Å². The lowest BCUT2D eigenvalue weighted by molar-refractivity contribution is 0.0697. The van der Waals surface area contributed by atoms with Crippen molar-refractivity contribution in [3.05, 3.63) is 35.4 Å². The molecule has 12 heavy (non-hydrogen) atoms. The second-order valence-corrected chi connectivity index (χ2v) is 3.06. The third-order valence-electron chi connectivity index (χ3n) is 1.81. The molecular formula is C10H12O2. The van der Waals surface area contributed by atoms with Crippen LogP contribution >= 0.6 is 0 Å². The quantitative estimate of drug-likeness (QED) is 0.732. The first-order valence-electron chi connectivity index (χ1n) is 4.33. The normalized spacial score (nSPS) is 11.1. The van der Waals surface area contributed by atoms with Crippen LogP contribution < -0.4 is 0 Å². The molecule has 0 heterocycles. The molecule has 0 aliphatic heterocycles. The van der Waals surface area contributed by atoms with Crippen molar-refractivity contribution in [3.8, 4) is 0 Å². The molecule has 0 radical (unpaired) electrons. The van der Waals surface area contributed by atoms with Crippen LogP contribution in [-0.2, 0) is 0 Å². The highest BCUT2D eigenvalue weighted by Gasteiger charge is 2.02. The van der Waals surface area contributed by atoms with Gasteiger partial charge in [0.05, 0.1) is 5.56 Å². The van der Waals surface area contributed by atoms with Gasteiger partial charge in [0.15, 0.2) is 0 Å². The van der Waals surface area contributed by atoms with Crippen LogP contribution in [0.5, 0.6) is 0 Å². The van der Waals surface area contributed by atoms with Crippen LogP contribution in [0, 0.1) is 0 Å². The molecule has 1 rings (SSSR count). The van der Waals surface area contributed by atoms with E-state index in [4.69, 9.17) is 1.43 Å². The predicted octanol–water partition coefficient (Wildman–Crippen LogP) is 2.51. The van der Waals surface area contributed by atoms with Gasteiger partial charge < -0.3 is 5.11 Å². The first-order valence-corrected chi connectivity index (χ1v) is 3.92. The van der Waals surface area contributed by atoms with Crippen LogP contribution in [0.3, 0.4) is 0 Å². The van der Waals surface area contributed by atoms with E-state index >= 15 is 0 Å². The second kappa shape index (κ2) is 3.39. The van der Waals surface area contributed by atoms with Gasteiger partial charge in [0, 0.05) is 0 Å². The summed E-state index contributed by atoms with van der Waals surface area (Å²) in [6.45, 7) is 4.16. The number of carboxylic acid groups (broad SMARTS) is 1. The largest absolute Gasteiger partial charge is 0.478 e. The Morgan fingerprint density at radius 1 is 1.42 bits per heavy atom. The number of carbonyl (C=O) groups is 1. The number of hydrogen-bond acceptors (Lipinski definition) is 2. The van der Waals surface area contributed by atoms with Crippen LogP contribution in [0.25, 0.3) is 1.43 Å². The summed E-state index contributed by atoms with van der Waals surface area (Å²) in [5, 5.41) is 3.85. The van der Waals surface area contributed by atoms with E-state index in [0.29, 0.717) is 11.5 Å². The van der Waals surface area contributed by atoms with E-state index < -0.39 is 5.97 Å². The smallest absolute Gasteiger partial charge is 0.335 e. The van der Waals surface area contributed by atoms with Crippen LogP contribution in [0.1, 0.15) is 35.7 Å². The van der Waals surface area contributed by atoms with Gasteiger partial charge in [-0.25, -0.2) is 4.79 Å². The SMILES string of the molecule is [3H]OC(=O)c1ccc(C(C)C)cc1. The molecule has 0 saturated heterocycles. The summed E-state index contributed by atoms with van der Waals surface area (Å²) in [6.07, 6.45) is 0. The molecule has 0 bridgehead atoms. The standard InChI is InChI=1S/C10H12O2/c1-7(2)8-3-5-9(6-4-8)10(11)12/h3-7H,1-2H3,(H,11,12)/i/hT. The first kappa shape index (κ1) is 7.35. The van der Waals surface area contributed by atoms with Gasteiger partial charge >= 0.3 is 5.97 Å². The highest BCUT2D eigenvalue weighted by molar-refractivity contribution is 5.87. The molecule has 0 unspecified atom stereocenters. The molecule has 0 amide bonds. The van der Waals surface area contributed by atoms with Crippen molar-refractivity contribution < 1.29 is 9.90 Å². The fourth-order valence-electron chi connectivity index (χ4n) is 1.00.